The minimum absolute atomic E-state index is 0.0977. The summed E-state index contributed by atoms with van der Waals surface area (Å²) in [6.45, 7) is 5.52. The summed E-state index contributed by atoms with van der Waals surface area (Å²) < 4.78 is 0. The predicted molar refractivity (Wildman–Crippen MR) is 45.9 cm³/mol. The summed E-state index contributed by atoms with van der Waals surface area (Å²) in [6, 6.07) is 0. The molecule has 70 valence electrons. The van der Waals surface area contributed by atoms with Crippen LogP contribution in [0.5, 0.6) is 0 Å². The second-order valence-corrected chi connectivity index (χ2v) is 3.83. The Labute approximate surface area is 72.8 Å². The second-order valence-electron chi connectivity index (χ2n) is 3.83. The average Bonchev–Trinajstić information content (AvgIpc) is 1.85. The van der Waals surface area contributed by atoms with Crippen LogP contribution in [0.25, 0.3) is 0 Å². The Bertz CT molecular complexity index is 175. The molecule has 1 atom stereocenters. The lowest BCUT2D eigenvalue weighted by atomic mass is 9.80. The van der Waals surface area contributed by atoms with Crippen LogP contribution in [0.1, 0.15) is 33.6 Å². The molecule has 3 heteroatoms. The molecule has 1 N–H and O–H groups in total. The number of carbonyl (C=O) groups is 2. The highest BCUT2D eigenvalue weighted by molar-refractivity contribution is 5.77. The van der Waals surface area contributed by atoms with Gasteiger partial charge in [-0.3, -0.25) is 4.79 Å². The first-order valence-electron chi connectivity index (χ1n) is 4.09. The largest absolute Gasteiger partial charge is 0.481 e. The van der Waals surface area contributed by atoms with E-state index in [-0.39, 0.29) is 6.42 Å². The molecule has 0 saturated carbocycles. The summed E-state index contributed by atoms with van der Waals surface area (Å²) in [6.07, 6.45) is 1.32. The lowest BCUT2D eigenvalue weighted by Gasteiger charge is -2.23. The quantitative estimate of drug-likeness (QED) is 0.642. The molecule has 3 nitrogen and oxygen atoms in total. The average molecular weight is 172 g/mol. The SMILES string of the molecule is CC(C)CC(C)(CC=O)C(=O)O. The summed E-state index contributed by atoms with van der Waals surface area (Å²) in [5, 5.41) is 8.85. The molecular formula is C9H16O3. The number of carbonyl (C=O) groups excluding carboxylic acids is 1. The molecule has 12 heavy (non-hydrogen) atoms. The first-order valence-corrected chi connectivity index (χ1v) is 4.09. The van der Waals surface area contributed by atoms with E-state index < -0.39 is 11.4 Å². The van der Waals surface area contributed by atoms with Gasteiger partial charge in [-0.2, -0.15) is 0 Å². The van der Waals surface area contributed by atoms with Crippen molar-refractivity contribution < 1.29 is 14.7 Å². The Morgan fingerprint density at radius 3 is 2.33 bits per heavy atom. The molecule has 0 bridgehead atoms. The minimum atomic E-state index is -0.886. The smallest absolute Gasteiger partial charge is 0.309 e. The number of hydrogen-bond acceptors (Lipinski definition) is 2. The van der Waals surface area contributed by atoms with Gasteiger partial charge < -0.3 is 9.90 Å². The maximum absolute atomic E-state index is 10.8. The molecular weight excluding hydrogens is 156 g/mol. The fourth-order valence-corrected chi connectivity index (χ4v) is 1.34. The molecule has 0 saturated heterocycles. The Morgan fingerprint density at radius 2 is 2.08 bits per heavy atom. The van der Waals surface area contributed by atoms with Crippen molar-refractivity contribution in [3.05, 3.63) is 0 Å². The molecule has 1 unspecified atom stereocenters. The van der Waals surface area contributed by atoms with E-state index in [1.165, 1.54) is 0 Å². The van der Waals surface area contributed by atoms with Crippen molar-refractivity contribution in [2.45, 2.75) is 33.6 Å². The normalized spacial score (nSPS) is 15.7. The molecule has 0 fully saturated rings. The summed E-state index contributed by atoms with van der Waals surface area (Å²) in [5.41, 5.74) is -0.879. The van der Waals surface area contributed by atoms with Gasteiger partial charge >= 0.3 is 5.97 Å². The van der Waals surface area contributed by atoms with Crippen LogP contribution >= 0.6 is 0 Å². The van der Waals surface area contributed by atoms with Crippen LogP contribution in [0, 0.1) is 11.3 Å². The number of aliphatic carboxylic acids is 1. The second kappa shape index (κ2) is 4.24. The molecule has 0 amide bonds. The van der Waals surface area contributed by atoms with Crippen LogP contribution < -0.4 is 0 Å². The summed E-state index contributed by atoms with van der Waals surface area (Å²) >= 11 is 0. The van der Waals surface area contributed by atoms with Crippen LogP contribution in [-0.4, -0.2) is 17.4 Å². The Kier molecular flexibility index (Phi) is 3.93. The van der Waals surface area contributed by atoms with Gasteiger partial charge in [0, 0.05) is 6.42 Å². The van der Waals surface area contributed by atoms with Gasteiger partial charge in [0.05, 0.1) is 5.41 Å². The zero-order chi connectivity index (χ0) is 9.78. The number of hydrogen-bond donors (Lipinski definition) is 1. The highest BCUT2D eigenvalue weighted by Crippen LogP contribution is 2.29. The third-order valence-electron chi connectivity index (χ3n) is 1.91. The topological polar surface area (TPSA) is 54.4 Å². The van der Waals surface area contributed by atoms with Crippen molar-refractivity contribution in [2.75, 3.05) is 0 Å². The van der Waals surface area contributed by atoms with Gasteiger partial charge in [-0.25, -0.2) is 0 Å². The monoisotopic (exact) mass is 172 g/mol. The number of rotatable bonds is 5. The number of aldehydes is 1. The lowest BCUT2D eigenvalue weighted by Crippen LogP contribution is -2.29. The molecule has 0 spiro atoms. The molecule has 0 aromatic heterocycles. The third-order valence-corrected chi connectivity index (χ3v) is 1.91. The summed E-state index contributed by atoms with van der Waals surface area (Å²) in [7, 11) is 0. The molecule has 0 aliphatic carbocycles. The lowest BCUT2D eigenvalue weighted by molar-refractivity contribution is -0.150. The van der Waals surface area contributed by atoms with E-state index in [9.17, 15) is 9.59 Å². The Balaban J connectivity index is 4.38. The predicted octanol–water partition coefficient (Wildman–Crippen LogP) is 1.71. The molecule has 0 radical (unpaired) electrons. The minimum Gasteiger partial charge on any atom is -0.481 e. The van der Waals surface area contributed by atoms with Crippen LogP contribution in [-0.2, 0) is 9.59 Å². The zero-order valence-corrected chi connectivity index (χ0v) is 7.83. The molecule has 0 rings (SSSR count). The molecule has 0 aliphatic rings. The van der Waals surface area contributed by atoms with E-state index in [1.54, 1.807) is 6.92 Å². The Morgan fingerprint density at radius 1 is 1.58 bits per heavy atom. The van der Waals surface area contributed by atoms with Crippen molar-refractivity contribution in [2.24, 2.45) is 11.3 Å². The number of carboxylic acid groups (broad SMARTS) is 1. The van der Waals surface area contributed by atoms with Crippen LogP contribution in [0.15, 0.2) is 0 Å². The van der Waals surface area contributed by atoms with Gasteiger partial charge in [-0.1, -0.05) is 13.8 Å². The van der Waals surface area contributed by atoms with Crippen LogP contribution in [0.4, 0.5) is 0 Å². The van der Waals surface area contributed by atoms with Crippen molar-refractivity contribution in [1.82, 2.24) is 0 Å². The van der Waals surface area contributed by atoms with E-state index in [2.05, 4.69) is 0 Å². The van der Waals surface area contributed by atoms with Crippen LogP contribution in [0.3, 0.4) is 0 Å². The fourth-order valence-electron chi connectivity index (χ4n) is 1.34. The first kappa shape index (κ1) is 11.1. The van der Waals surface area contributed by atoms with Gasteiger partial charge in [-0.15, -0.1) is 0 Å². The van der Waals surface area contributed by atoms with E-state index in [1.807, 2.05) is 13.8 Å². The van der Waals surface area contributed by atoms with E-state index >= 15 is 0 Å². The van der Waals surface area contributed by atoms with E-state index in [0.29, 0.717) is 18.6 Å². The van der Waals surface area contributed by atoms with Gasteiger partial charge in [0.1, 0.15) is 6.29 Å². The van der Waals surface area contributed by atoms with Gasteiger partial charge in [0.2, 0.25) is 0 Å². The highest BCUT2D eigenvalue weighted by atomic mass is 16.4. The number of carboxylic acids is 1. The van der Waals surface area contributed by atoms with Crippen molar-refractivity contribution in [1.29, 1.82) is 0 Å². The zero-order valence-electron chi connectivity index (χ0n) is 7.83. The van der Waals surface area contributed by atoms with Crippen molar-refractivity contribution in [3.8, 4) is 0 Å². The van der Waals surface area contributed by atoms with E-state index in [0.717, 1.165) is 0 Å². The standard InChI is InChI=1S/C9H16O3/c1-7(2)6-9(3,4-5-10)8(11)12/h5,7H,4,6H2,1-3H3,(H,11,12). The maximum Gasteiger partial charge on any atom is 0.309 e. The van der Waals surface area contributed by atoms with Gasteiger partial charge in [0.25, 0.3) is 0 Å². The summed E-state index contributed by atoms with van der Waals surface area (Å²) in [4.78, 5) is 21.0. The molecule has 0 aliphatic heterocycles. The molecule has 0 heterocycles. The third kappa shape index (κ3) is 3.03. The fraction of sp³-hybridized carbons (Fsp3) is 0.778. The van der Waals surface area contributed by atoms with Crippen LogP contribution in [0.2, 0.25) is 0 Å². The van der Waals surface area contributed by atoms with Gasteiger partial charge in [0.15, 0.2) is 0 Å². The molecule has 0 aromatic rings. The Hall–Kier alpha value is -0.860. The first-order chi connectivity index (χ1) is 5.42. The highest BCUT2D eigenvalue weighted by Gasteiger charge is 2.33. The van der Waals surface area contributed by atoms with Gasteiger partial charge in [-0.05, 0) is 19.3 Å². The maximum atomic E-state index is 10.8. The van der Waals surface area contributed by atoms with Crippen molar-refractivity contribution >= 4 is 12.3 Å². The molecule has 0 aromatic carbocycles. The van der Waals surface area contributed by atoms with E-state index in [4.69, 9.17) is 5.11 Å². The van der Waals surface area contributed by atoms with Crippen molar-refractivity contribution in [3.63, 3.8) is 0 Å². The summed E-state index contributed by atoms with van der Waals surface area (Å²) in [5.74, 6) is -0.589.